The largest absolute Gasteiger partial charge is 0.534 e. The molecule has 3 rings (SSSR count). The number of alkyl halides is 3. The maximum absolute atomic E-state index is 12.9. The monoisotopic (exact) mass is 445 g/mol. The van der Waals surface area contributed by atoms with E-state index >= 15 is 0 Å². The molecule has 0 spiro atoms. The summed E-state index contributed by atoms with van der Waals surface area (Å²) in [5.74, 6) is -0.725. The van der Waals surface area contributed by atoms with Crippen LogP contribution in [0.5, 0.6) is 5.75 Å². The lowest BCUT2D eigenvalue weighted by Gasteiger charge is -2.16. The highest BCUT2D eigenvalue weighted by Gasteiger charge is 2.49. The summed E-state index contributed by atoms with van der Waals surface area (Å²) in [6, 6.07) is 8.40. The Bertz CT molecular complexity index is 1230. The smallest absolute Gasteiger partial charge is 0.375 e. The van der Waals surface area contributed by atoms with Gasteiger partial charge in [0.2, 0.25) is 0 Å². The first-order chi connectivity index (χ1) is 13.5. The van der Waals surface area contributed by atoms with Crippen LogP contribution in [-0.2, 0) is 23.6 Å². The summed E-state index contributed by atoms with van der Waals surface area (Å²) in [6.07, 6.45) is 2.67. The molecule has 0 fully saturated rings. The summed E-state index contributed by atoms with van der Waals surface area (Å²) >= 11 is 1.15. The fourth-order valence-corrected chi connectivity index (χ4v) is 3.48. The van der Waals surface area contributed by atoms with Crippen molar-refractivity contribution in [3.05, 3.63) is 58.0 Å². The highest BCUT2D eigenvalue weighted by molar-refractivity contribution is 7.98. The highest BCUT2D eigenvalue weighted by atomic mass is 32.2. The highest BCUT2D eigenvalue weighted by Crippen LogP contribution is 2.33. The number of hydrogen-bond donors (Lipinski definition) is 0. The Hall–Kier alpha value is -2.60. The van der Waals surface area contributed by atoms with E-state index in [1.54, 1.807) is 36.6 Å². The fraction of sp³-hybridized carbons (Fsp3) is 0.235. The molecule has 154 valence electrons. The van der Waals surface area contributed by atoms with Gasteiger partial charge >= 0.3 is 15.6 Å². The second-order valence-electron chi connectivity index (χ2n) is 5.91. The van der Waals surface area contributed by atoms with Crippen LogP contribution in [0.2, 0.25) is 0 Å². The minimum absolute atomic E-state index is 0.0430. The van der Waals surface area contributed by atoms with E-state index in [1.807, 2.05) is 0 Å². The molecule has 0 N–H and O–H groups in total. The van der Waals surface area contributed by atoms with Gasteiger partial charge in [-0.2, -0.15) is 21.6 Å². The van der Waals surface area contributed by atoms with Gasteiger partial charge in [-0.15, -0.1) is 0 Å². The molecule has 0 saturated heterocycles. The number of hydrogen-bond acceptors (Lipinski definition) is 7. The van der Waals surface area contributed by atoms with E-state index in [9.17, 15) is 26.4 Å². The summed E-state index contributed by atoms with van der Waals surface area (Å²) in [6.45, 7) is 0. The lowest BCUT2D eigenvalue weighted by atomic mass is 10.0. The first-order valence-corrected chi connectivity index (χ1v) is 10.7. The number of benzene rings is 1. The zero-order valence-electron chi connectivity index (χ0n) is 15.1. The Labute approximate surface area is 167 Å². The number of pyridine rings is 1. The van der Waals surface area contributed by atoms with E-state index in [0.717, 1.165) is 22.5 Å². The van der Waals surface area contributed by atoms with Crippen molar-refractivity contribution in [3.63, 3.8) is 0 Å². The molecule has 1 aromatic carbocycles. The lowest BCUT2D eigenvalue weighted by molar-refractivity contribution is -0.0499. The van der Waals surface area contributed by atoms with Crippen molar-refractivity contribution in [1.29, 1.82) is 0 Å². The van der Waals surface area contributed by atoms with Crippen molar-refractivity contribution < 1.29 is 25.8 Å². The third-order valence-electron chi connectivity index (χ3n) is 4.03. The molecule has 29 heavy (non-hydrogen) atoms. The van der Waals surface area contributed by atoms with E-state index < -0.39 is 26.9 Å². The molecule has 0 bridgehead atoms. The second-order valence-corrected chi connectivity index (χ2v) is 8.22. The standard InChI is InChI=1S/C17H14F3N3O4S2/c1-23-14-12(9-21-16(22-14)28-2)13(27-29(25,26)17(18,19)20)11(15(23)24)8-10-6-4-3-5-7-10/h3-7,9H,8H2,1-2H3. The predicted octanol–water partition coefficient (Wildman–Crippen LogP) is 2.87. The van der Waals surface area contributed by atoms with E-state index in [2.05, 4.69) is 14.2 Å². The van der Waals surface area contributed by atoms with Crippen LogP contribution in [0, 0.1) is 0 Å². The van der Waals surface area contributed by atoms with Crippen molar-refractivity contribution in [2.45, 2.75) is 17.1 Å². The molecule has 0 aliphatic carbocycles. The van der Waals surface area contributed by atoms with Gasteiger partial charge in [0.15, 0.2) is 16.6 Å². The Morgan fingerprint density at radius 2 is 1.86 bits per heavy atom. The molecular formula is C17H14F3N3O4S2. The summed E-state index contributed by atoms with van der Waals surface area (Å²) in [5.41, 5.74) is -6.10. The number of fused-ring (bicyclic) bond motifs is 1. The van der Waals surface area contributed by atoms with Crippen LogP contribution in [0.25, 0.3) is 11.0 Å². The van der Waals surface area contributed by atoms with Crippen LogP contribution in [-0.4, -0.2) is 34.7 Å². The fourth-order valence-electron chi connectivity index (χ4n) is 2.64. The second kappa shape index (κ2) is 7.67. The number of thioether (sulfide) groups is 1. The van der Waals surface area contributed by atoms with E-state index in [4.69, 9.17) is 0 Å². The SMILES string of the molecule is CSc1ncc2c(OS(=O)(=O)C(F)(F)F)c(Cc3ccccc3)c(=O)n(C)c2n1. The van der Waals surface area contributed by atoms with Crippen molar-refractivity contribution in [1.82, 2.24) is 14.5 Å². The van der Waals surface area contributed by atoms with Crippen molar-refractivity contribution in [3.8, 4) is 5.75 Å². The van der Waals surface area contributed by atoms with Gasteiger partial charge in [-0.05, 0) is 11.8 Å². The molecule has 12 heteroatoms. The van der Waals surface area contributed by atoms with Crippen molar-refractivity contribution >= 4 is 32.9 Å². The summed E-state index contributed by atoms with van der Waals surface area (Å²) in [5, 5.41) is 0.136. The molecule has 0 aliphatic heterocycles. The van der Waals surface area contributed by atoms with Crippen LogP contribution >= 0.6 is 11.8 Å². The minimum Gasteiger partial charge on any atom is -0.375 e. The maximum atomic E-state index is 12.9. The molecule has 0 aliphatic rings. The number of aromatic nitrogens is 3. The van der Waals surface area contributed by atoms with Crippen molar-refractivity contribution in [2.24, 2.45) is 7.05 Å². The maximum Gasteiger partial charge on any atom is 0.534 e. The summed E-state index contributed by atoms with van der Waals surface area (Å²) in [4.78, 5) is 21.0. The molecule has 0 amide bonds. The molecule has 0 saturated carbocycles. The van der Waals surface area contributed by atoms with Crippen LogP contribution < -0.4 is 9.74 Å². The van der Waals surface area contributed by atoms with Gasteiger partial charge in [-0.3, -0.25) is 9.36 Å². The third kappa shape index (κ3) is 4.08. The molecule has 2 aromatic heterocycles. The zero-order valence-corrected chi connectivity index (χ0v) is 16.7. The van der Waals surface area contributed by atoms with Gasteiger partial charge < -0.3 is 4.18 Å². The Kier molecular flexibility index (Phi) is 5.59. The quantitative estimate of drug-likeness (QED) is 0.258. The average molecular weight is 445 g/mol. The Balaban J connectivity index is 2.33. The van der Waals surface area contributed by atoms with Gasteiger partial charge in [0.05, 0.1) is 10.9 Å². The zero-order chi connectivity index (χ0) is 21.4. The van der Waals surface area contributed by atoms with Gasteiger partial charge in [0, 0.05) is 19.7 Å². The lowest BCUT2D eigenvalue weighted by Crippen LogP contribution is -2.31. The summed E-state index contributed by atoms with van der Waals surface area (Å²) in [7, 11) is -4.62. The molecular weight excluding hydrogens is 431 g/mol. The third-order valence-corrected chi connectivity index (χ3v) is 5.54. The Morgan fingerprint density at radius 3 is 2.45 bits per heavy atom. The average Bonchev–Trinajstić information content (AvgIpc) is 2.68. The van der Waals surface area contributed by atoms with E-state index in [1.165, 1.54) is 7.05 Å². The predicted molar refractivity (Wildman–Crippen MR) is 101 cm³/mol. The van der Waals surface area contributed by atoms with Gasteiger partial charge in [0.1, 0.15) is 0 Å². The molecule has 7 nitrogen and oxygen atoms in total. The van der Waals surface area contributed by atoms with Crippen LogP contribution in [0.15, 0.2) is 46.5 Å². The molecule has 0 radical (unpaired) electrons. The van der Waals surface area contributed by atoms with Crippen LogP contribution in [0.1, 0.15) is 11.1 Å². The van der Waals surface area contributed by atoms with Crippen LogP contribution in [0.4, 0.5) is 13.2 Å². The number of halogens is 3. The van der Waals surface area contributed by atoms with E-state index in [-0.39, 0.29) is 28.2 Å². The van der Waals surface area contributed by atoms with E-state index in [0.29, 0.717) is 5.56 Å². The first-order valence-electron chi connectivity index (χ1n) is 8.02. The van der Waals surface area contributed by atoms with Gasteiger partial charge in [-0.1, -0.05) is 42.1 Å². The van der Waals surface area contributed by atoms with Crippen molar-refractivity contribution in [2.75, 3.05) is 6.26 Å². The topological polar surface area (TPSA) is 91.1 Å². The van der Waals surface area contributed by atoms with Crippen LogP contribution in [0.3, 0.4) is 0 Å². The van der Waals surface area contributed by atoms with Gasteiger partial charge in [-0.25, -0.2) is 9.97 Å². The minimum atomic E-state index is -6.01. The normalized spacial score (nSPS) is 12.3. The summed E-state index contributed by atoms with van der Waals surface area (Å²) < 4.78 is 67.8. The molecule has 3 aromatic rings. The number of rotatable bonds is 5. The molecule has 0 unspecified atom stereocenters. The molecule has 0 atom stereocenters. The number of nitrogens with zero attached hydrogens (tertiary/aromatic N) is 3. The first kappa shape index (κ1) is 21.1. The Morgan fingerprint density at radius 1 is 1.21 bits per heavy atom. The number of aryl methyl sites for hydroxylation is 1. The molecule has 2 heterocycles. The van der Waals surface area contributed by atoms with Gasteiger partial charge in [0.25, 0.3) is 5.56 Å².